The third kappa shape index (κ3) is 1.87. The summed E-state index contributed by atoms with van der Waals surface area (Å²) in [7, 11) is 1.64. The van der Waals surface area contributed by atoms with Gasteiger partial charge in [0, 0.05) is 25.5 Å². The predicted molar refractivity (Wildman–Crippen MR) is 68.9 cm³/mol. The number of nitrogens with zero attached hydrogens (tertiary/aromatic N) is 6. The van der Waals surface area contributed by atoms with E-state index in [4.69, 9.17) is 5.26 Å². The van der Waals surface area contributed by atoms with Crippen LogP contribution in [0.1, 0.15) is 16.1 Å². The Kier molecular flexibility index (Phi) is 2.65. The minimum absolute atomic E-state index is 0.216. The highest BCUT2D eigenvalue weighted by molar-refractivity contribution is 6.03. The van der Waals surface area contributed by atoms with Gasteiger partial charge in [-0.25, -0.2) is 9.50 Å². The maximum atomic E-state index is 12.1. The average Bonchev–Trinajstić information content (AvgIpc) is 3.03. The molecule has 98 valence electrons. The van der Waals surface area contributed by atoms with Gasteiger partial charge in [0.1, 0.15) is 17.5 Å². The number of nitrogens with one attached hydrogen (secondary N) is 1. The summed E-state index contributed by atoms with van der Waals surface area (Å²) in [4.78, 5) is 16.2. The van der Waals surface area contributed by atoms with E-state index in [0.717, 1.165) is 0 Å². The fourth-order valence-electron chi connectivity index (χ4n) is 1.78. The molecule has 0 atom stereocenters. The first-order chi connectivity index (χ1) is 9.69. The molecular weight excluding hydrogens is 258 g/mol. The fourth-order valence-corrected chi connectivity index (χ4v) is 1.78. The van der Waals surface area contributed by atoms with Crippen LogP contribution in [0.15, 0.2) is 30.7 Å². The van der Waals surface area contributed by atoms with Crippen LogP contribution in [0.3, 0.4) is 0 Å². The fraction of sp³-hybridized carbons (Fsp3) is 0.0833. The van der Waals surface area contributed by atoms with Gasteiger partial charge in [-0.15, -0.1) is 0 Å². The molecule has 3 rings (SSSR count). The molecule has 0 saturated heterocycles. The van der Waals surface area contributed by atoms with E-state index in [1.165, 1.54) is 15.4 Å². The van der Waals surface area contributed by atoms with Crippen molar-refractivity contribution >= 4 is 17.4 Å². The quantitative estimate of drug-likeness (QED) is 0.732. The summed E-state index contributed by atoms with van der Waals surface area (Å²) in [6.07, 6.45) is 4.71. The van der Waals surface area contributed by atoms with Crippen LogP contribution in [0.25, 0.3) is 5.65 Å². The Bertz CT molecular complexity index is 806. The number of fused-ring (bicyclic) bond motifs is 1. The van der Waals surface area contributed by atoms with Crippen LogP contribution in [-0.4, -0.2) is 30.3 Å². The summed E-state index contributed by atoms with van der Waals surface area (Å²) in [5.41, 5.74) is 1.08. The molecule has 8 nitrogen and oxygen atoms in total. The first-order valence-corrected chi connectivity index (χ1v) is 5.73. The molecule has 1 amide bonds. The zero-order chi connectivity index (χ0) is 14.1. The van der Waals surface area contributed by atoms with Crippen LogP contribution in [0.5, 0.6) is 0 Å². The first kappa shape index (κ1) is 11.9. The summed E-state index contributed by atoms with van der Waals surface area (Å²) in [5.74, 6) is -0.0851. The van der Waals surface area contributed by atoms with Crippen molar-refractivity contribution in [2.75, 3.05) is 5.32 Å². The molecule has 1 N–H and O–H groups in total. The number of aryl methyl sites for hydroxylation is 1. The zero-order valence-corrected chi connectivity index (χ0v) is 10.5. The molecule has 3 heterocycles. The summed E-state index contributed by atoms with van der Waals surface area (Å²) in [6, 6.07) is 5.25. The Morgan fingerprint density at radius 2 is 2.35 bits per heavy atom. The highest BCUT2D eigenvalue weighted by Gasteiger charge is 2.16. The van der Waals surface area contributed by atoms with Crippen molar-refractivity contribution in [3.63, 3.8) is 0 Å². The molecule has 8 heteroatoms. The standard InChI is InChI=1S/C12H9N7O/c1-18-11(8(6-13)7-15-18)16-12(20)9-5-10-14-3-2-4-19(10)17-9/h2-5,7H,1H3,(H,16,20). The molecule has 0 aliphatic heterocycles. The lowest BCUT2D eigenvalue weighted by Gasteiger charge is -2.03. The monoisotopic (exact) mass is 267 g/mol. The van der Waals surface area contributed by atoms with Crippen LogP contribution in [0.4, 0.5) is 5.82 Å². The van der Waals surface area contributed by atoms with Crippen molar-refractivity contribution in [1.29, 1.82) is 5.26 Å². The van der Waals surface area contributed by atoms with Gasteiger partial charge in [0.15, 0.2) is 11.3 Å². The molecule has 0 radical (unpaired) electrons. The Morgan fingerprint density at radius 3 is 3.10 bits per heavy atom. The highest BCUT2D eigenvalue weighted by Crippen LogP contribution is 2.14. The van der Waals surface area contributed by atoms with Crippen molar-refractivity contribution in [1.82, 2.24) is 24.4 Å². The van der Waals surface area contributed by atoms with Gasteiger partial charge in [-0.2, -0.15) is 15.5 Å². The van der Waals surface area contributed by atoms with Gasteiger partial charge < -0.3 is 5.32 Å². The molecule has 0 aromatic carbocycles. The highest BCUT2D eigenvalue weighted by atomic mass is 16.2. The smallest absolute Gasteiger partial charge is 0.277 e. The third-order valence-electron chi connectivity index (χ3n) is 2.76. The summed E-state index contributed by atoms with van der Waals surface area (Å²) in [5, 5.41) is 19.6. The summed E-state index contributed by atoms with van der Waals surface area (Å²) < 4.78 is 2.92. The molecule has 20 heavy (non-hydrogen) atoms. The normalized spacial score (nSPS) is 10.4. The molecule has 3 aromatic rings. The molecule has 0 spiro atoms. The number of nitriles is 1. The SMILES string of the molecule is Cn1ncc(C#N)c1NC(=O)c1cc2ncccn2n1. The molecular formula is C12H9N7O. The number of anilines is 1. The maximum absolute atomic E-state index is 12.1. The van der Waals surface area contributed by atoms with Gasteiger partial charge in [0.2, 0.25) is 0 Å². The van der Waals surface area contributed by atoms with E-state index in [-0.39, 0.29) is 5.69 Å². The number of rotatable bonds is 2. The lowest BCUT2D eigenvalue weighted by Crippen LogP contribution is -2.16. The van der Waals surface area contributed by atoms with Crippen LogP contribution in [0.2, 0.25) is 0 Å². The van der Waals surface area contributed by atoms with Crippen molar-refractivity contribution in [2.24, 2.45) is 7.05 Å². The second-order valence-corrected chi connectivity index (χ2v) is 4.05. The maximum Gasteiger partial charge on any atom is 0.277 e. The number of carbonyl (C=O) groups is 1. The van der Waals surface area contributed by atoms with E-state index in [2.05, 4.69) is 20.5 Å². The van der Waals surface area contributed by atoms with Crippen molar-refractivity contribution < 1.29 is 4.79 Å². The molecule has 0 bridgehead atoms. The lowest BCUT2D eigenvalue weighted by atomic mass is 10.3. The number of aromatic nitrogens is 5. The molecule has 0 saturated carbocycles. The Hall–Kier alpha value is -3.21. The minimum Gasteiger partial charge on any atom is -0.304 e. The Labute approximate surface area is 113 Å². The van der Waals surface area contributed by atoms with Gasteiger partial charge in [0.25, 0.3) is 5.91 Å². The van der Waals surface area contributed by atoms with E-state index in [9.17, 15) is 4.79 Å². The third-order valence-corrected chi connectivity index (χ3v) is 2.76. The predicted octanol–water partition coefficient (Wildman–Crippen LogP) is 0.587. The Morgan fingerprint density at radius 1 is 1.50 bits per heavy atom. The number of amides is 1. The van der Waals surface area contributed by atoms with E-state index < -0.39 is 5.91 Å². The summed E-state index contributed by atoms with van der Waals surface area (Å²) >= 11 is 0. The topological polar surface area (TPSA) is 101 Å². The van der Waals surface area contributed by atoms with E-state index >= 15 is 0 Å². The van der Waals surface area contributed by atoms with Crippen molar-refractivity contribution in [3.05, 3.63) is 42.0 Å². The van der Waals surface area contributed by atoms with E-state index in [1.54, 1.807) is 31.6 Å². The van der Waals surface area contributed by atoms with Crippen molar-refractivity contribution in [2.45, 2.75) is 0 Å². The van der Waals surface area contributed by atoms with Gasteiger partial charge in [-0.3, -0.25) is 9.48 Å². The Balaban J connectivity index is 1.93. The largest absolute Gasteiger partial charge is 0.304 e. The number of carbonyl (C=O) groups excluding carboxylic acids is 1. The number of hydrogen-bond donors (Lipinski definition) is 1. The van der Waals surface area contributed by atoms with Crippen LogP contribution in [-0.2, 0) is 7.05 Å². The number of hydrogen-bond acceptors (Lipinski definition) is 5. The van der Waals surface area contributed by atoms with E-state index in [1.807, 2.05) is 6.07 Å². The summed E-state index contributed by atoms with van der Waals surface area (Å²) in [6.45, 7) is 0. The second kappa shape index (κ2) is 4.47. The average molecular weight is 267 g/mol. The van der Waals surface area contributed by atoms with Crippen LogP contribution < -0.4 is 5.32 Å². The van der Waals surface area contributed by atoms with Gasteiger partial charge >= 0.3 is 0 Å². The van der Waals surface area contributed by atoms with Crippen LogP contribution in [0, 0.1) is 11.3 Å². The van der Waals surface area contributed by atoms with Crippen LogP contribution >= 0.6 is 0 Å². The first-order valence-electron chi connectivity index (χ1n) is 5.73. The van der Waals surface area contributed by atoms with Gasteiger partial charge in [-0.05, 0) is 6.07 Å². The van der Waals surface area contributed by atoms with Crippen molar-refractivity contribution in [3.8, 4) is 6.07 Å². The second-order valence-electron chi connectivity index (χ2n) is 4.05. The van der Waals surface area contributed by atoms with Gasteiger partial charge in [0.05, 0.1) is 6.20 Å². The molecule has 0 unspecified atom stereocenters. The molecule has 3 aromatic heterocycles. The lowest BCUT2D eigenvalue weighted by molar-refractivity contribution is 0.102. The van der Waals surface area contributed by atoms with E-state index in [0.29, 0.717) is 17.0 Å². The van der Waals surface area contributed by atoms with Gasteiger partial charge in [-0.1, -0.05) is 0 Å². The minimum atomic E-state index is -0.421. The zero-order valence-electron chi connectivity index (χ0n) is 10.5. The molecule has 0 aliphatic carbocycles. The molecule has 0 aliphatic rings. The molecule has 0 fully saturated rings.